The molecule has 2 aromatic rings. The molecule has 3 rings (SSSR count). The van der Waals surface area contributed by atoms with Gasteiger partial charge in [-0.05, 0) is 61.5 Å². The number of ether oxygens (including phenoxy) is 2. The van der Waals surface area contributed by atoms with E-state index in [9.17, 15) is 0 Å². The summed E-state index contributed by atoms with van der Waals surface area (Å²) in [6.07, 6.45) is 0. The molecule has 1 aliphatic heterocycles. The number of likely N-dealkylation sites (N-methyl/N-ethyl adjacent to an activating group) is 1. The second-order valence-corrected chi connectivity index (χ2v) is 6.62. The standard InChI is InChI=1S/C20H25N3O2S/c1-3-23(17-6-4-5-15(2)11-17)10-9-21-20(26)22-13-16-7-8-18-19(12-16)25-14-24-18/h4-8,11-12H,3,9-10,13-14H2,1-2H3,(H2,21,22,26). The van der Waals surface area contributed by atoms with Gasteiger partial charge in [0.15, 0.2) is 16.6 Å². The Morgan fingerprint density at radius 3 is 2.77 bits per heavy atom. The molecular weight excluding hydrogens is 346 g/mol. The van der Waals surface area contributed by atoms with Gasteiger partial charge in [0.05, 0.1) is 0 Å². The van der Waals surface area contributed by atoms with E-state index >= 15 is 0 Å². The maximum atomic E-state index is 5.40. The summed E-state index contributed by atoms with van der Waals surface area (Å²) in [7, 11) is 0. The van der Waals surface area contributed by atoms with Gasteiger partial charge in [0, 0.05) is 31.9 Å². The molecule has 0 spiro atoms. The van der Waals surface area contributed by atoms with E-state index in [1.54, 1.807) is 0 Å². The van der Waals surface area contributed by atoms with Crippen LogP contribution in [0.25, 0.3) is 0 Å². The van der Waals surface area contributed by atoms with E-state index < -0.39 is 0 Å². The number of benzene rings is 2. The molecule has 0 fully saturated rings. The van der Waals surface area contributed by atoms with Crippen molar-refractivity contribution in [1.82, 2.24) is 10.6 Å². The number of nitrogens with zero attached hydrogens (tertiary/aromatic N) is 1. The van der Waals surface area contributed by atoms with Crippen molar-refractivity contribution in [3.8, 4) is 11.5 Å². The topological polar surface area (TPSA) is 45.8 Å². The van der Waals surface area contributed by atoms with E-state index in [1.807, 2.05) is 18.2 Å². The van der Waals surface area contributed by atoms with Gasteiger partial charge in [-0.2, -0.15) is 0 Å². The number of aryl methyl sites for hydroxylation is 1. The highest BCUT2D eigenvalue weighted by Gasteiger charge is 2.13. The zero-order valence-corrected chi connectivity index (χ0v) is 16.1. The van der Waals surface area contributed by atoms with Crippen LogP contribution in [0.1, 0.15) is 18.1 Å². The van der Waals surface area contributed by atoms with Crippen molar-refractivity contribution in [3.63, 3.8) is 0 Å². The highest BCUT2D eigenvalue weighted by molar-refractivity contribution is 7.80. The van der Waals surface area contributed by atoms with Crippen molar-refractivity contribution in [2.45, 2.75) is 20.4 Å². The maximum Gasteiger partial charge on any atom is 0.231 e. The minimum atomic E-state index is 0.293. The highest BCUT2D eigenvalue weighted by atomic mass is 32.1. The molecule has 0 saturated heterocycles. The van der Waals surface area contributed by atoms with Gasteiger partial charge in [-0.3, -0.25) is 0 Å². The summed E-state index contributed by atoms with van der Waals surface area (Å²) in [6.45, 7) is 7.87. The monoisotopic (exact) mass is 371 g/mol. The van der Waals surface area contributed by atoms with E-state index in [4.69, 9.17) is 21.7 Å². The average molecular weight is 372 g/mol. The van der Waals surface area contributed by atoms with Crippen LogP contribution in [0.5, 0.6) is 11.5 Å². The van der Waals surface area contributed by atoms with Crippen molar-refractivity contribution < 1.29 is 9.47 Å². The third-order valence-electron chi connectivity index (χ3n) is 4.31. The van der Waals surface area contributed by atoms with Crippen LogP contribution in [-0.2, 0) is 6.54 Å². The van der Waals surface area contributed by atoms with Crippen molar-refractivity contribution in [2.24, 2.45) is 0 Å². The fourth-order valence-electron chi connectivity index (χ4n) is 2.89. The normalized spacial score (nSPS) is 11.9. The summed E-state index contributed by atoms with van der Waals surface area (Å²) in [5, 5.41) is 7.17. The summed E-state index contributed by atoms with van der Waals surface area (Å²) in [5.41, 5.74) is 3.62. The van der Waals surface area contributed by atoms with Gasteiger partial charge in [-0.1, -0.05) is 18.2 Å². The lowest BCUT2D eigenvalue weighted by Gasteiger charge is -2.24. The number of anilines is 1. The number of nitrogens with one attached hydrogen (secondary N) is 2. The molecule has 2 N–H and O–H groups in total. The number of fused-ring (bicyclic) bond motifs is 1. The zero-order chi connectivity index (χ0) is 18.4. The lowest BCUT2D eigenvalue weighted by Crippen LogP contribution is -2.40. The predicted octanol–water partition coefficient (Wildman–Crippen LogP) is 3.21. The van der Waals surface area contributed by atoms with Gasteiger partial charge < -0.3 is 25.0 Å². The fraction of sp³-hybridized carbons (Fsp3) is 0.350. The SMILES string of the molecule is CCN(CCNC(=S)NCc1ccc2c(c1)OCO2)c1cccc(C)c1. The minimum Gasteiger partial charge on any atom is -0.454 e. The third kappa shape index (κ3) is 4.79. The van der Waals surface area contributed by atoms with Crippen molar-refractivity contribution in [3.05, 3.63) is 53.6 Å². The molecule has 5 nitrogen and oxygen atoms in total. The first kappa shape index (κ1) is 18.3. The average Bonchev–Trinajstić information content (AvgIpc) is 3.11. The lowest BCUT2D eigenvalue weighted by atomic mass is 10.2. The molecule has 138 valence electrons. The summed E-state index contributed by atoms with van der Waals surface area (Å²) in [4.78, 5) is 2.33. The number of hydrogen-bond donors (Lipinski definition) is 2. The van der Waals surface area contributed by atoms with Gasteiger partial charge in [0.25, 0.3) is 0 Å². The van der Waals surface area contributed by atoms with Crippen LogP contribution in [0.4, 0.5) is 5.69 Å². The molecule has 2 aromatic carbocycles. The quantitative estimate of drug-likeness (QED) is 0.729. The Kier molecular flexibility index (Phi) is 6.17. The Hall–Kier alpha value is -2.47. The molecule has 1 aliphatic rings. The smallest absolute Gasteiger partial charge is 0.231 e. The van der Waals surface area contributed by atoms with Crippen LogP contribution in [0.15, 0.2) is 42.5 Å². The van der Waals surface area contributed by atoms with Crippen LogP contribution in [0.2, 0.25) is 0 Å². The second-order valence-electron chi connectivity index (χ2n) is 6.22. The third-order valence-corrected chi connectivity index (χ3v) is 4.59. The maximum absolute atomic E-state index is 5.40. The van der Waals surface area contributed by atoms with Crippen molar-refractivity contribution in [2.75, 3.05) is 31.3 Å². The van der Waals surface area contributed by atoms with Gasteiger partial charge in [-0.25, -0.2) is 0 Å². The summed E-state index contributed by atoms with van der Waals surface area (Å²) < 4.78 is 10.7. The second kappa shape index (κ2) is 8.76. The molecule has 0 saturated carbocycles. The molecule has 0 bridgehead atoms. The Labute approximate surface area is 160 Å². The Morgan fingerprint density at radius 2 is 1.96 bits per heavy atom. The van der Waals surface area contributed by atoms with E-state index in [0.29, 0.717) is 18.5 Å². The van der Waals surface area contributed by atoms with Crippen LogP contribution < -0.4 is 25.0 Å². The minimum absolute atomic E-state index is 0.293. The van der Waals surface area contributed by atoms with Gasteiger partial charge in [0.2, 0.25) is 6.79 Å². The van der Waals surface area contributed by atoms with E-state index in [0.717, 1.165) is 36.7 Å². The summed E-state index contributed by atoms with van der Waals surface area (Å²) >= 11 is 5.38. The lowest BCUT2D eigenvalue weighted by molar-refractivity contribution is 0.174. The molecule has 0 unspecified atom stereocenters. The molecule has 0 aliphatic carbocycles. The van der Waals surface area contributed by atoms with Crippen molar-refractivity contribution >= 4 is 23.0 Å². The molecule has 26 heavy (non-hydrogen) atoms. The molecule has 6 heteroatoms. The number of hydrogen-bond acceptors (Lipinski definition) is 4. The van der Waals surface area contributed by atoms with Crippen LogP contribution in [0.3, 0.4) is 0 Å². The summed E-state index contributed by atoms with van der Waals surface area (Å²) in [5.74, 6) is 1.59. The van der Waals surface area contributed by atoms with Crippen LogP contribution in [-0.4, -0.2) is 31.5 Å². The van der Waals surface area contributed by atoms with Crippen LogP contribution >= 0.6 is 12.2 Å². The Balaban J connectivity index is 1.42. The summed E-state index contributed by atoms with van der Waals surface area (Å²) in [6, 6.07) is 14.5. The van der Waals surface area contributed by atoms with Gasteiger partial charge >= 0.3 is 0 Å². The largest absolute Gasteiger partial charge is 0.454 e. The highest BCUT2D eigenvalue weighted by Crippen LogP contribution is 2.32. The molecule has 0 amide bonds. The van der Waals surface area contributed by atoms with Crippen molar-refractivity contribution in [1.29, 1.82) is 0 Å². The van der Waals surface area contributed by atoms with E-state index in [1.165, 1.54) is 11.3 Å². The first-order valence-corrected chi connectivity index (χ1v) is 9.28. The molecular formula is C20H25N3O2S. The first-order chi connectivity index (χ1) is 12.7. The Bertz CT molecular complexity index is 766. The predicted molar refractivity (Wildman–Crippen MR) is 109 cm³/mol. The molecule has 0 atom stereocenters. The van der Waals surface area contributed by atoms with Gasteiger partial charge in [0.1, 0.15) is 0 Å². The van der Waals surface area contributed by atoms with Gasteiger partial charge in [-0.15, -0.1) is 0 Å². The number of rotatable bonds is 7. The van der Waals surface area contributed by atoms with Crippen LogP contribution in [0, 0.1) is 6.92 Å². The number of thiocarbonyl (C=S) groups is 1. The van der Waals surface area contributed by atoms with E-state index in [-0.39, 0.29) is 0 Å². The van der Waals surface area contributed by atoms with E-state index in [2.05, 4.69) is 53.6 Å². The first-order valence-electron chi connectivity index (χ1n) is 8.87. The molecule has 1 heterocycles. The Morgan fingerprint density at radius 1 is 1.12 bits per heavy atom. The fourth-order valence-corrected chi connectivity index (χ4v) is 3.07. The molecule has 0 radical (unpaired) electrons. The zero-order valence-electron chi connectivity index (χ0n) is 15.2. The molecule has 0 aromatic heterocycles.